The highest BCUT2D eigenvalue weighted by molar-refractivity contribution is 5.61. The maximum atomic E-state index is 14.4. The number of hydrogen-bond donors (Lipinski definition) is 0. The van der Waals surface area contributed by atoms with Gasteiger partial charge in [0.05, 0.1) is 11.3 Å². The molecule has 136 valence electrons. The van der Waals surface area contributed by atoms with Gasteiger partial charge in [-0.3, -0.25) is 4.57 Å². The lowest BCUT2D eigenvalue weighted by Gasteiger charge is -2.21. The first-order chi connectivity index (χ1) is 12.5. The first-order valence-corrected chi connectivity index (χ1v) is 8.46. The van der Waals surface area contributed by atoms with Crippen LogP contribution in [0.1, 0.15) is 30.3 Å². The zero-order valence-corrected chi connectivity index (χ0v) is 14.5. The Kier molecular flexibility index (Phi) is 4.07. The minimum Gasteiger partial charge on any atom is -0.381 e. The molecule has 0 N–H and O–H groups in total. The van der Waals surface area contributed by atoms with Gasteiger partial charge in [0.15, 0.2) is 11.5 Å². The van der Waals surface area contributed by atoms with Crippen molar-refractivity contribution in [3.05, 3.63) is 51.8 Å². The van der Waals surface area contributed by atoms with E-state index in [1.165, 1.54) is 15.0 Å². The van der Waals surface area contributed by atoms with E-state index >= 15 is 0 Å². The molecule has 1 fully saturated rings. The number of hydrogen-bond acceptors (Lipinski definition) is 4. The number of rotatable bonds is 2. The van der Waals surface area contributed by atoms with Gasteiger partial charge >= 0.3 is 5.69 Å². The second kappa shape index (κ2) is 6.28. The van der Waals surface area contributed by atoms with Gasteiger partial charge in [0, 0.05) is 32.2 Å². The van der Waals surface area contributed by atoms with Gasteiger partial charge in [0.2, 0.25) is 0 Å². The summed E-state index contributed by atoms with van der Waals surface area (Å²) in [6.45, 7) is 3.00. The number of aromatic nitrogens is 4. The van der Waals surface area contributed by atoms with Crippen LogP contribution < -0.4 is 5.69 Å². The molecule has 2 aromatic heterocycles. The van der Waals surface area contributed by atoms with Crippen LogP contribution in [0.15, 0.2) is 23.0 Å². The second-order valence-corrected chi connectivity index (χ2v) is 6.50. The third kappa shape index (κ3) is 2.61. The summed E-state index contributed by atoms with van der Waals surface area (Å²) in [4.78, 5) is 21.8. The van der Waals surface area contributed by atoms with Crippen molar-refractivity contribution in [1.29, 1.82) is 0 Å². The number of halogens is 2. The van der Waals surface area contributed by atoms with Crippen LogP contribution in [0.2, 0.25) is 0 Å². The Bertz CT molecular complexity index is 1050. The lowest BCUT2D eigenvalue weighted by molar-refractivity contribution is 0.0836. The van der Waals surface area contributed by atoms with E-state index in [1.807, 2.05) is 0 Å². The van der Waals surface area contributed by atoms with Gasteiger partial charge in [-0.25, -0.2) is 27.9 Å². The number of nitrogens with zero attached hydrogens (tertiary/aromatic N) is 4. The number of ether oxygens (including phenoxy) is 1. The Morgan fingerprint density at radius 2 is 1.92 bits per heavy atom. The number of fused-ring (bicyclic) bond motifs is 1. The quantitative estimate of drug-likeness (QED) is 0.705. The summed E-state index contributed by atoms with van der Waals surface area (Å²) in [5, 5.41) is 0. The fraction of sp³-hybridized carbons (Fsp3) is 0.389. The fourth-order valence-corrected chi connectivity index (χ4v) is 3.30. The van der Waals surface area contributed by atoms with Gasteiger partial charge in [0.1, 0.15) is 17.5 Å². The Morgan fingerprint density at radius 1 is 1.19 bits per heavy atom. The first kappa shape index (κ1) is 16.8. The van der Waals surface area contributed by atoms with Gasteiger partial charge in [-0.15, -0.1) is 0 Å². The summed E-state index contributed by atoms with van der Waals surface area (Å²) >= 11 is 0. The Hall–Kier alpha value is -2.61. The van der Waals surface area contributed by atoms with Crippen LogP contribution in [0.25, 0.3) is 17.0 Å². The molecule has 6 nitrogen and oxygen atoms in total. The van der Waals surface area contributed by atoms with E-state index in [1.54, 1.807) is 14.0 Å². The summed E-state index contributed by atoms with van der Waals surface area (Å²) in [5.74, 6) is -0.678. The zero-order valence-electron chi connectivity index (χ0n) is 14.5. The Labute approximate surface area is 148 Å². The van der Waals surface area contributed by atoms with Gasteiger partial charge in [-0.1, -0.05) is 0 Å². The van der Waals surface area contributed by atoms with E-state index in [0.717, 1.165) is 25.0 Å². The molecule has 0 unspecified atom stereocenters. The summed E-state index contributed by atoms with van der Waals surface area (Å²) in [6.07, 6.45) is 1.52. The molecule has 4 rings (SSSR count). The van der Waals surface area contributed by atoms with Crippen LogP contribution in [0.4, 0.5) is 8.78 Å². The molecule has 1 aromatic carbocycles. The van der Waals surface area contributed by atoms with E-state index in [4.69, 9.17) is 4.74 Å². The van der Waals surface area contributed by atoms with Crippen LogP contribution in [0.5, 0.6) is 0 Å². The molecule has 0 atom stereocenters. The second-order valence-electron chi connectivity index (χ2n) is 6.50. The van der Waals surface area contributed by atoms with Gasteiger partial charge in [0.25, 0.3) is 0 Å². The van der Waals surface area contributed by atoms with E-state index < -0.39 is 11.6 Å². The third-order valence-corrected chi connectivity index (χ3v) is 4.93. The maximum absolute atomic E-state index is 14.4. The number of aryl methyl sites for hydroxylation is 1. The van der Waals surface area contributed by atoms with E-state index in [2.05, 4.69) is 9.97 Å². The highest BCUT2D eigenvalue weighted by Crippen LogP contribution is 2.28. The minimum absolute atomic E-state index is 0.0693. The summed E-state index contributed by atoms with van der Waals surface area (Å²) in [6, 6.07) is 3.24. The van der Waals surface area contributed by atoms with Crippen molar-refractivity contribution in [3.63, 3.8) is 0 Å². The van der Waals surface area contributed by atoms with E-state index in [0.29, 0.717) is 30.4 Å². The molecule has 0 amide bonds. The highest BCUT2D eigenvalue weighted by atomic mass is 19.1. The summed E-state index contributed by atoms with van der Waals surface area (Å²) in [5.41, 5.74) is 0.803. The predicted octanol–water partition coefficient (Wildman–Crippen LogP) is 2.58. The van der Waals surface area contributed by atoms with Gasteiger partial charge in [-0.2, -0.15) is 0 Å². The average Bonchev–Trinajstić information content (AvgIpc) is 2.86. The smallest absolute Gasteiger partial charge is 0.335 e. The van der Waals surface area contributed by atoms with Crippen LogP contribution in [-0.4, -0.2) is 32.1 Å². The lowest BCUT2D eigenvalue weighted by Crippen LogP contribution is -2.22. The standard InChI is InChI=1S/C18H18F2N4O2/c1-10-16-21-15(11-5-7-26-8-6-11)22-17(24(16)18(25)23(10)2)13-4-3-12(19)9-14(13)20/h3-4,9,11H,5-8H2,1-2H3. The van der Waals surface area contributed by atoms with Gasteiger partial charge in [-0.05, 0) is 31.9 Å². The van der Waals surface area contributed by atoms with Crippen molar-refractivity contribution in [2.45, 2.75) is 25.7 Å². The topological polar surface area (TPSA) is 61.4 Å². The Morgan fingerprint density at radius 3 is 2.62 bits per heavy atom. The molecule has 8 heteroatoms. The molecular formula is C18H18F2N4O2. The predicted molar refractivity (Wildman–Crippen MR) is 91.1 cm³/mol. The molecule has 1 aliphatic rings. The molecule has 1 saturated heterocycles. The maximum Gasteiger partial charge on any atom is 0.335 e. The normalized spacial score (nSPS) is 15.7. The summed E-state index contributed by atoms with van der Waals surface area (Å²) in [7, 11) is 1.63. The molecule has 1 aliphatic heterocycles. The monoisotopic (exact) mass is 360 g/mol. The van der Waals surface area contributed by atoms with Crippen molar-refractivity contribution in [2.75, 3.05) is 13.2 Å². The molecule has 26 heavy (non-hydrogen) atoms. The number of benzene rings is 1. The Balaban J connectivity index is 2.02. The third-order valence-electron chi connectivity index (χ3n) is 4.93. The van der Waals surface area contributed by atoms with Crippen molar-refractivity contribution in [2.24, 2.45) is 7.05 Å². The summed E-state index contributed by atoms with van der Waals surface area (Å²) < 4.78 is 35.9. The lowest BCUT2D eigenvalue weighted by atomic mass is 9.99. The molecule has 0 saturated carbocycles. The van der Waals surface area contributed by atoms with Gasteiger partial charge < -0.3 is 4.74 Å². The minimum atomic E-state index is -0.767. The van der Waals surface area contributed by atoms with Crippen molar-refractivity contribution >= 4 is 5.65 Å². The first-order valence-electron chi connectivity index (χ1n) is 8.46. The SMILES string of the molecule is Cc1c2nc(C3CCOCC3)nc(-c3ccc(F)cc3F)n2c(=O)n1C. The highest BCUT2D eigenvalue weighted by Gasteiger charge is 2.24. The molecule has 0 spiro atoms. The van der Waals surface area contributed by atoms with Crippen LogP contribution in [0, 0.1) is 18.6 Å². The molecule has 0 radical (unpaired) electrons. The van der Waals surface area contributed by atoms with E-state index in [-0.39, 0.29) is 23.0 Å². The van der Waals surface area contributed by atoms with Crippen molar-refractivity contribution < 1.29 is 13.5 Å². The molecule has 3 aromatic rings. The molecule has 0 aliphatic carbocycles. The van der Waals surface area contributed by atoms with E-state index in [9.17, 15) is 13.6 Å². The largest absolute Gasteiger partial charge is 0.381 e. The molecule has 0 bridgehead atoms. The van der Waals surface area contributed by atoms with Crippen LogP contribution >= 0.6 is 0 Å². The fourth-order valence-electron chi connectivity index (χ4n) is 3.30. The average molecular weight is 360 g/mol. The van der Waals surface area contributed by atoms with Crippen molar-refractivity contribution in [3.8, 4) is 11.4 Å². The number of imidazole rings is 1. The van der Waals surface area contributed by atoms with Crippen molar-refractivity contribution in [1.82, 2.24) is 18.9 Å². The van der Waals surface area contributed by atoms with Crippen LogP contribution in [-0.2, 0) is 11.8 Å². The molecular weight excluding hydrogens is 342 g/mol. The zero-order chi connectivity index (χ0) is 18.4. The molecule has 3 heterocycles. The van der Waals surface area contributed by atoms with Crippen LogP contribution in [0.3, 0.4) is 0 Å².